The Morgan fingerprint density at radius 1 is 1.13 bits per heavy atom. The summed E-state index contributed by atoms with van der Waals surface area (Å²) in [5.74, 6) is 0. The van der Waals surface area contributed by atoms with Gasteiger partial charge in [0.15, 0.2) is 5.65 Å². The van der Waals surface area contributed by atoms with Crippen LogP contribution in [0.25, 0.3) is 27.9 Å². The Balaban J connectivity index is 1.36. The van der Waals surface area contributed by atoms with Crippen molar-refractivity contribution in [2.45, 2.75) is 25.8 Å². The van der Waals surface area contributed by atoms with Gasteiger partial charge in [-0.1, -0.05) is 0 Å². The maximum atomic E-state index is 12.8. The number of hydrogen-bond acceptors (Lipinski definition) is 6. The topological polar surface area (TPSA) is 66.9 Å². The Bertz CT molecular complexity index is 1320. The number of fused-ring (bicyclic) bond motifs is 3. The van der Waals surface area contributed by atoms with Crippen LogP contribution in [0.1, 0.15) is 18.5 Å². The molecular weight excluding hydrogens is 378 g/mol. The van der Waals surface area contributed by atoms with E-state index in [1.807, 2.05) is 41.9 Å². The Morgan fingerprint density at radius 2 is 2.07 bits per heavy atom. The van der Waals surface area contributed by atoms with Gasteiger partial charge < -0.3 is 13.7 Å². The number of rotatable bonds is 2. The summed E-state index contributed by atoms with van der Waals surface area (Å²) in [6.07, 6.45) is 8.02. The van der Waals surface area contributed by atoms with Crippen molar-refractivity contribution in [1.29, 1.82) is 0 Å². The normalized spacial score (nSPS) is 19.6. The SMILES string of the molecule is Cc1cn2cc(-c3cc4ccc(N5CCN6CCC[C@@H]6C5)cc4oc3=O)nc2cn1. The summed E-state index contributed by atoms with van der Waals surface area (Å²) in [6.45, 7) is 6.32. The molecule has 2 aliphatic heterocycles. The predicted octanol–water partition coefficient (Wildman–Crippen LogP) is 3.10. The number of imidazole rings is 1. The highest BCUT2D eigenvalue weighted by Gasteiger charge is 2.30. The fourth-order valence-corrected chi connectivity index (χ4v) is 4.83. The van der Waals surface area contributed by atoms with Gasteiger partial charge in [0.05, 0.1) is 23.1 Å². The Morgan fingerprint density at radius 3 is 3.00 bits per heavy atom. The maximum absolute atomic E-state index is 12.8. The third-order valence-corrected chi connectivity index (χ3v) is 6.42. The molecule has 2 fully saturated rings. The van der Waals surface area contributed by atoms with E-state index in [1.54, 1.807) is 6.20 Å². The van der Waals surface area contributed by atoms with Crippen LogP contribution in [0.15, 0.2) is 52.1 Å². The van der Waals surface area contributed by atoms with Gasteiger partial charge in [0.25, 0.3) is 0 Å². The number of piperazine rings is 1. The molecule has 6 rings (SSSR count). The van der Waals surface area contributed by atoms with Crippen molar-refractivity contribution in [1.82, 2.24) is 19.3 Å². The van der Waals surface area contributed by atoms with Crippen molar-refractivity contribution >= 4 is 22.3 Å². The molecule has 0 spiro atoms. The molecule has 1 aromatic carbocycles. The predicted molar refractivity (Wildman–Crippen MR) is 116 cm³/mol. The van der Waals surface area contributed by atoms with Gasteiger partial charge in [-0.2, -0.15) is 0 Å². The zero-order valence-electron chi connectivity index (χ0n) is 16.9. The third kappa shape index (κ3) is 2.89. The fourth-order valence-electron chi connectivity index (χ4n) is 4.83. The van der Waals surface area contributed by atoms with Crippen molar-refractivity contribution in [2.75, 3.05) is 31.1 Å². The number of hydrogen-bond donors (Lipinski definition) is 0. The summed E-state index contributed by atoms with van der Waals surface area (Å²) in [7, 11) is 0. The van der Waals surface area contributed by atoms with Gasteiger partial charge in [0.1, 0.15) is 5.58 Å². The van der Waals surface area contributed by atoms with E-state index in [-0.39, 0.29) is 5.63 Å². The van der Waals surface area contributed by atoms with E-state index in [4.69, 9.17) is 4.42 Å². The first-order valence-electron chi connectivity index (χ1n) is 10.5. The Labute approximate surface area is 173 Å². The van der Waals surface area contributed by atoms with Crippen LogP contribution in [0.2, 0.25) is 0 Å². The number of benzene rings is 1. The van der Waals surface area contributed by atoms with Crippen LogP contribution in [-0.4, -0.2) is 51.5 Å². The summed E-state index contributed by atoms with van der Waals surface area (Å²) >= 11 is 0. The van der Waals surface area contributed by atoms with E-state index in [0.717, 1.165) is 36.4 Å². The van der Waals surface area contributed by atoms with E-state index >= 15 is 0 Å². The van der Waals surface area contributed by atoms with Crippen LogP contribution in [0.4, 0.5) is 5.69 Å². The average molecular weight is 401 g/mol. The number of aryl methyl sites for hydroxylation is 1. The van der Waals surface area contributed by atoms with E-state index in [1.165, 1.54) is 19.4 Å². The lowest BCUT2D eigenvalue weighted by atomic mass is 10.1. The minimum Gasteiger partial charge on any atom is -0.422 e. The van der Waals surface area contributed by atoms with E-state index < -0.39 is 0 Å². The number of aromatic nitrogens is 3. The molecule has 2 saturated heterocycles. The second-order valence-electron chi connectivity index (χ2n) is 8.37. The van der Waals surface area contributed by atoms with Gasteiger partial charge in [-0.25, -0.2) is 9.78 Å². The summed E-state index contributed by atoms with van der Waals surface area (Å²) in [5, 5.41) is 0.902. The highest BCUT2D eigenvalue weighted by molar-refractivity contribution is 5.84. The standard InChI is InChI=1S/C23H23N5O2/c1-15-12-28-14-20(25-22(28)11-24-15)19-9-16-4-5-17(10-21(16)30-23(19)29)27-8-7-26-6-2-3-18(26)13-27/h4-5,9-12,14,18H,2-3,6-8,13H2,1H3/t18-/m1/s1. The van der Waals surface area contributed by atoms with Gasteiger partial charge in [0.2, 0.25) is 0 Å². The zero-order valence-corrected chi connectivity index (χ0v) is 16.9. The minimum absolute atomic E-state index is 0.367. The number of nitrogens with zero attached hydrogens (tertiary/aromatic N) is 5. The van der Waals surface area contributed by atoms with Crippen molar-refractivity contribution < 1.29 is 4.42 Å². The summed E-state index contributed by atoms with van der Waals surface area (Å²) < 4.78 is 7.61. The molecule has 0 aliphatic carbocycles. The van der Waals surface area contributed by atoms with Crippen molar-refractivity contribution in [3.05, 3.63) is 59.0 Å². The van der Waals surface area contributed by atoms with Gasteiger partial charge in [-0.3, -0.25) is 9.88 Å². The summed E-state index contributed by atoms with van der Waals surface area (Å²) in [5.41, 5.74) is 4.04. The van der Waals surface area contributed by atoms with E-state index in [9.17, 15) is 4.79 Å². The molecule has 30 heavy (non-hydrogen) atoms. The van der Waals surface area contributed by atoms with Crippen LogP contribution in [0, 0.1) is 6.92 Å². The molecule has 0 saturated carbocycles. The highest BCUT2D eigenvalue weighted by atomic mass is 16.4. The molecule has 0 unspecified atom stereocenters. The summed E-state index contributed by atoms with van der Waals surface area (Å²) in [6, 6.07) is 8.70. The van der Waals surface area contributed by atoms with Crippen LogP contribution >= 0.6 is 0 Å². The van der Waals surface area contributed by atoms with Crippen molar-refractivity contribution in [3.63, 3.8) is 0 Å². The highest BCUT2D eigenvalue weighted by Crippen LogP contribution is 2.29. The van der Waals surface area contributed by atoms with Crippen LogP contribution in [-0.2, 0) is 0 Å². The third-order valence-electron chi connectivity index (χ3n) is 6.42. The van der Waals surface area contributed by atoms with Crippen LogP contribution < -0.4 is 10.5 Å². The van der Waals surface area contributed by atoms with Crippen molar-refractivity contribution in [3.8, 4) is 11.3 Å². The van der Waals surface area contributed by atoms with E-state index in [0.29, 0.717) is 28.5 Å². The maximum Gasteiger partial charge on any atom is 0.345 e. The lowest BCUT2D eigenvalue weighted by Crippen LogP contribution is -2.50. The second-order valence-corrected chi connectivity index (χ2v) is 8.37. The first kappa shape index (κ1) is 17.7. The first-order valence-corrected chi connectivity index (χ1v) is 10.5. The zero-order chi connectivity index (χ0) is 20.2. The van der Waals surface area contributed by atoms with Crippen LogP contribution in [0.3, 0.4) is 0 Å². The van der Waals surface area contributed by atoms with Crippen molar-refractivity contribution in [2.24, 2.45) is 0 Å². The molecule has 0 N–H and O–H groups in total. The van der Waals surface area contributed by atoms with Gasteiger partial charge >= 0.3 is 5.63 Å². The molecule has 1 atom stereocenters. The average Bonchev–Trinajstić information content (AvgIpc) is 3.38. The van der Waals surface area contributed by atoms with Crippen LogP contribution in [0.5, 0.6) is 0 Å². The molecular formula is C23H23N5O2. The molecule has 7 nitrogen and oxygen atoms in total. The quantitative estimate of drug-likeness (QED) is 0.481. The fraction of sp³-hybridized carbons (Fsp3) is 0.348. The largest absolute Gasteiger partial charge is 0.422 e. The number of anilines is 1. The second kappa shape index (κ2) is 6.67. The van der Waals surface area contributed by atoms with Gasteiger partial charge in [-0.15, -0.1) is 0 Å². The molecule has 0 radical (unpaired) electrons. The smallest absolute Gasteiger partial charge is 0.345 e. The molecule has 2 aliphatic rings. The van der Waals surface area contributed by atoms with E-state index in [2.05, 4.69) is 25.8 Å². The monoisotopic (exact) mass is 401 g/mol. The summed E-state index contributed by atoms with van der Waals surface area (Å²) in [4.78, 5) is 26.6. The molecule has 0 amide bonds. The minimum atomic E-state index is -0.367. The Hall–Kier alpha value is -3.19. The molecule has 5 heterocycles. The molecule has 152 valence electrons. The molecule has 7 heteroatoms. The lowest BCUT2D eigenvalue weighted by molar-refractivity contribution is 0.231. The molecule has 3 aromatic heterocycles. The van der Waals surface area contributed by atoms with Gasteiger partial charge in [0, 0.05) is 55.2 Å². The molecule has 4 aromatic rings. The molecule has 0 bridgehead atoms. The Kier molecular flexibility index (Phi) is 3.92. The first-order chi connectivity index (χ1) is 14.6. The van der Waals surface area contributed by atoms with Gasteiger partial charge in [-0.05, 0) is 44.5 Å². The lowest BCUT2D eigenvalue weighted by Gasteiger charge is -2.38.